The van der Waals surface area contributed by atoms with E-state index in [0.717, 1.165) is 0 Å². The van der Waals surface area contributed by atoms with Crippen LogP contribution < -0.4 is 0 Å². The van der Waals surface area contributed by atoms with Gasteiger partial charge in [0.2, 0.25) is 0 Å². The average molecular weight is 202 g/mol. The topological polar surface area (TPSA) is 82.5 Å². The van der Waals surface area contributed by atoms with Crippen LogP contribution in [0.4, 0.5) is 0 Å². The highest BCUT2D eigenvalue weighted by Crippen LogP contribution is 2.12. The number of ketones is 1. The Morgan fingerprint density at radius 2 is 2.20 bits per heavy atom. The number of hydrogen-bond acceptors (Lipinski definition) is 4. The Morgan fingerprint density at radius 3 is 2.67 bits per heavy atom. The molecule has 1 aromatic rings. The second kappa shape index (κ2) is 4.39. The molecule has 76 valence electrons. The molecule has 0 amide bonds. The molecule has 0 atom stereocenters. The van der Waals surface area contributed by atoms with Crippen LogP contribution in [0.1, 0.15) is 23.0 Å². The monoisotopic (exact) mass is 202 g/mol. The summed E-state index contributed by atoms with van der Waals surface area (Å²) in [5.74, 6) is -1.70. The average Bonchev–Trinajstić information content (AvgIpc) is 2.61. The zero-order valence-electron chi connectivity index (χ0n) is 8.56. The van der Waals surface area contributed by atoms with E-state index >= 15 is 0 Å². The lowest BCUT2D eigenvalue weighted by atomic mass is 10.00. The molecule has 0 saturated heterocycles. The SMILES string of the molecule is CCc1nn(C)cc1C(=O)C(C#N)C#N. The molecule has 0 saturated carbocycles. The molecule has 0 unspecified atom stereocenters. The Morgan fingerprint density at radius 1 is 1.60 bits per heavy atom. The molecular formula is C10H10N4O. The molecule has 0 spiro atoms. The predicted molar refractivity (Wildman–Crippen MR) is 51.6 cm³/mol. The number of Topliss-reactive ketones (excluding diaryl/α,β-unsaturated/α-hetero) is 1. The van der Waals surface area contributed by atoms with Gasteiger partial charge in [-0.1, -0.05) is 6.92 Å². The van der Waals surface area contributed by atoms with Gasteiger partial charge in [0, 0.05) is 13.2 Å². The molecular weight excluding hydrogens is 192 g/mol. The first-order valence-corrected chi connectivity index (χ1v) is 4.50. The maximum absolute atomic E-state index is 11.7. The lowest BCUT2D eigenvalue weighted by Gasteiger charge is -1.97. The largest absolute Gasteiger partial charge is 0.291 e. The lowest BCUT2D eigenvalue weighted by molar-refractivity contribution is 0.0970. The van der Waals surface area contributed by atoms with E-state index in [1.54, 1.807) is 25.4 Å². The number of nitriles is 2. The Balaban J connectivity index is 3.12. The Hall–Kier alpha value is -2.14. The molecule has 0 N–H and O–H groups in total. The number of nitrogens with zero attached hydrogens (tertiary/aromatic N) is 4. The highest BCUT2D eigenvalue weighted by Gasteiger charge is 2.23. The van der Waals surface area contributed by atoms with Crippen molar-refractivity contribution in [3.05, 3.63) is 17.5 Å². The van der Waals surface area contributed by atoms with Gasteiger partial charge in [0.25, 0.3) is 0 Å². The van der Waals surface area contributed by atoms with Crippen molar-refractivity contribution in [1.29, 1.82) is 10.5 Å². The van der Waals surface area contributed by atoms with Crippen molar-refractivity contribution in [3.8, 4) is 12.1 Å². The minimum atomic E-state index is -1.24. The molecule has 5 heteroatoms. The van der Waals surface area contributed by atoms with E-state index in [-0.39, 0.29) is 0 Å². The van der Waals surface area contributed by atoms with Crippen LogP contribution >= 0.6 is 0 Å². The summed E-state index contributed by atoms with van der Waals surface area (Å²) in [6, 6.07) is 3.33. The Kier molecular flexibility index (Phi) is 3.20. The normalized spacial score (nSPS) is 9.67. The summed E-state index contributed by atoms with van der Waals surface area (Å²) in [6.07, 6.45) is 2.15. The summed E-state index contributed by atoms with van der Waals surface area (Å²) in [4.78, 5) is 11.7. The van der Waals surface area contributed by atoms with E-state index in [2.05, 4.69) is 5.10 Å². The van der Waals surface area contributed by atoms with E-state index in [9.17, 15) is 4.79 Å². The molecule has 0 aliphatic heterocycles. The second-order valence-corrected chi connectivity index (χ2v) is 3.07. The first-order chi connectivity index (χ1) is 7.13. The standard InChI is InChI=1S/C10H10N4O/c1-3-9-8(6-14(2)13-9)10(15)7(4-11)5-12/h6-7H,3H2,1-2H3. The summed E-state index contributed by atoms with van der Waals surface area (Å²) in [5.41, 5.74) is 0.992. The molecule has 15 heavy (non-hydrogen) atoms. The number of aromatic nitrogens is 2. The van der Waals surface area contributed by atoms with E-state index in [0.29, 0.717) is 17.7 Å². The maximum atomic E-state index is 11.7. The molecule has 0 radical (unpaired) electrons. The molecule has 0 fully saturated rings. The Bertz CT molecular complexity index is 447. The van der Waals surface area contributed by atoms with E-state index in [4.69, 9.17) is 10.5 Å². The minimum Gasteiger partial charge on any atom is -0.291 e. The smallest absolute Gasteiger partial charge is 0.197 e. The van der Waals surface area contributed by atoms with Crippen molar-refractivity contribution in [1.82, 2.24) is 9.78 Å². The minimum absolute atomic E-state index is 0.369. The summed E-state index contributed by atoms with van der Waals surface area (Å²) >= 11 is 0. The molecule has 5 nitrogen and oxygen atoms in total. The summed E-state index contributed by atoms with van der Waals surface area (Å²) in [7, 11) is 1.70. The summed E-state index contributed by atoms with van der Waals surface area (Å²) in [5, 5.41) is 21.3. The van der Waals surface area contributed by atoms with Gasteiger partial charge in [-0.25, -0.2) is 0 Å². The third-order valence-electron chi connectivity index (χ3n) is 2.03. The fourth-order valence-corrected chi connectivity index (χ4v) is 1.30. The van der Waals surface area contributed by atoms with Gasteiger partial charge < -0.3 is 0 Å². The zero-order chi connectivity index (χ0) is 11.4. The zero-order valence-corrected chi connectivity index (χ0v) is 8.56. The predicted octanol–water partition coefficient (Wildman–Crippen LogP) is 0.829. The molecule has 0 bridgehead atoms. The van der Waals surface area contributed by atoms with Crippen LogP contribution in [-0.4, -0.2) is 15.6 Å². The van der Waals surface area contributed by atoms with Crippen LogP contribution in [0.25, 0.3) is 0 Å². The fraction of sp³-hybridized carbons (Fsp3) is 0.400. The van der Waals surface area contributed by atoms with Crippen LogP contribution in [0.15, 0.2) is 6.20 Å². The van der Waals surface area contributed by atoms with Gasteiger partial charge in [-0.3, -0.25) is 9.48 Å². The van der Waals surface area contributed by atoms with E-state index in [1.807, 2.05) is 6.92 Å². The van der Waals surface area contributed by atoms with Gasteiger partial charge in [0.05, 0.1) is 23.4 Å². The molecule has 1 heterocycles. The number of aryl methyl sites for hydroxylation is 2. The van der Waals surface area contributed by atoms with Crippen molar-refractivity contribution in [2.75, 3.05) is 0 Å². The fourth-order valence-electron chi connectivity index (χ4n) is 1.30. The van der Waals surface area contributed by atoms with Gasteiger partial charge in [-0.2, -0.15) is 15.6 Å². The highest BCUT2D eigenvalue weighted by molar-refractivity contribution is 6.01. The second-order valence-electron chi connectivity index (χ2n) is 3.07. The Labute approximate surface area is 87.5 Å². The summed E-state index contributed by atoms with van der Waals surface area (Å²) < 4.78 is 1.51. The number of rotatable bonds is 3. The first kappa shape index (κ1) is 10.9. The van der Waals surface area contributed by atoms with Gasteiger partial charge >= 0.3 is 0 Å². The van der Waals surface area contributed by atoms with E-state index in [1.165, 1.54) is 4.68 Å². The van der Waals surface area contributed by atoms with Gasteiger partial charge in [0.15, 0.2) is 11.7 Å². The maximum Gasteiger partial charge on any atom is 0.197 e. The van der Waals surface area contributed by atoms with Crippen LogP contribution in [0.3, 0.4) is 0 Å². The van der Waals surface area contributed by atoms with Crippen LogP contribution in [0, 0.1) is 28.6 Å². The quantitative estimate of drug-likeness (QED) is 0.679. The number of carbonyl (C=O) groups is 1. The molecule has 1 aromatic heterocycles. The van der Waals surface area contributed by atoms with Crippen LogP contribution in [-0.2, 0) is 13.5 Å². The lowest BCUT2D eigenvalue weighted by Crippen LogP contribution is -2.11. The third-order valence-corrected chi connectivity index (χ3v) is 2.03. The van der Waals surface area contributed by atoms with Crippen molar-refractivity contribution in [3.63, 3.8) is 0 Å². The van der Waals surface area contributed by atoms with Gasteiger partial charge in [-0.05, 0) is 6.42 Å². The molecule has 0 aliphatic rings. The molecule has 0 aromatic carbocycles. The van der Waals surface area contributed by atoms with E-state index < -0.39 is 11.7 Å². The van der Waals surface area contributed by atoms with Gasteiger partial charge in [-0.15, -0.1) is 0 Å². The van der Waals surface area contributed by atoms with Crippen LogP contribution in [0.5, 0.6) is 0 Å². The van der Waals surface area contributed by atoms with Crippen molar-refractivity contribution in [2.45, 2.75) is 13.3 Å². The number of carbonyl (C=O) groups excluding carboxylic acids is 1. The highest BCUT2D eigenvalue weighted by atomic mass is 16.1. The third kappa shape index (κ3) is 2.03. The summed E-state index contributed by atoms with van der Waals surface area (Å²) in [6.45, 7) is 1.87. The molecule has 0 aliphatic carbocycles. The van der Waals surface area contributed by atoms with Crippen LogP contribution in [0.2, 0.25) is 0 Å². The number of hydrogen-bond donors (Lipinski definition) is 0. The van der Waals surface area contributed by atoms with Crippen molar-refractivity contribution >= 4 is 5.78 Å². The van der Waals surface area contributed by atoms with Crippen molar-refractivity contribution in [2.24, 2.45) is 13.0 Å². The van der Waals surface area contributed by atoms with Gasteiger partial charge in [0.1, 0.15) is 0 Å². The molecule has 1 rings (SSSR count). The van der Waals surface area contributed by atoms with Crippen molar-refractivity contribution < 1.29 is 4.79 Å². The first-order valence-electron chi connectivity index (χ1n) is 4.50.